The number of pyridine rings is 1. The Kier molecular flexibility index (Phi) is 4.22. The first kappa shape index (κ1) is 15.2. The summed E-state index contributed by atoms with van der Waals surface area (Å²) < 4.78 is 7.75. The molecule has 0 bridgehead atoms. The van der Waals surface area contributed by atoms with Crippen LogP contribution < -0.4 is 10.1 Å². The van der Waals surface area contributed by atoms with Gasteiger partial charge in [-0.05, 0) is 55.3 Å². The number of fused-ring (bicyclic) bond motifs is 1. The molecule has 1 aromatic carbocycles. The van der Waals surface area contributed by atoms with E-state index >= 15 is 0 Å². The van der Waals surface area contributed by atoms with Crippen LogP contribution in [-0.2, 0) is 6.54 Å². The molecule has 0 saturated carbocycles. The molecule has 0 spiro atoms. The summed E-state index contributed by atoms with van der Waals surface area (Å²) >= 11 is 0. The maximum Gasteiger partial charge on any atom is 0.140 e. The van der Waals surface area contributed by atoms with Crippen LogP contribution >= 0.6 is 0 Å². The Morgan fingerprint density at radius 3 is 3.04 bits per heavy atom. The second kappa shape index (κ2) is 6.65. The summed E-state index contributed by atoms with van der Waals surface area (Å²) in [6.07, 6.45) is 4.35. The molecule has 3 heterocycles. The Balaban J connectivity index is 1.76. The van der Waals surface area contributed by atoms with Crippen molar-refractivity contribution in [1.29, 1.82) is 0 Å². The molecule has 0 radical (unpaired) electrons. The van der Waals surface area contributed by atoms with Crippen molar-refractivity contribution in [2.24, 2.45) is 0 Å². The van der Waals surface area contributed by atoms with E-state index in [9.17, 15) is 0 Å². The largest absolute Gasteiger partial charge is 0.497 e. The number of nitrogens with one attached hydrogen (secondary N) is 1. The number of aromatic nitrogens is 2. The lowest BCUT2D eigenvalue weighted by molar-refractivity contribution is 0.414. The first-order valence-electron chi connectivity index (χ1n) is 8.63. The van der Waals surface area contributed by atoms with E-state index in [1.807, 2.05) is 18.3 Å². The Morgan fingerprint density at radius 2 is 2.21 bits per heavy atom. The van der Waals surface area contributed by atoms with E-state index in [1.54, 1.807) is 7.11 Å². The molecule has 2 aromatic heterocycles. The predicted molar refractivity (Wildman–Crippen MR) is 96.7 cm³/mol. The molecule has 0 aliphatic carbocycles. The van der Waals surface area contributed by atoms with Crippen molar-refractivity contribution in [3.05, 3.63) is 59.9 Å². The smallest absolute Gasteiger partial charge is 0.140 e. The van der Waals surface area contributed by atoms with Crippen molar-refractivity contribution >= 4 is 11.0 Å². The van der Waals surface area contributed by atoms with Gasteiger partial charge < -0.3 is 14.6 Å². The average Bonchev–Trinajstić information content (AvgIpc) is 3.01. The number of rotatable bonds is 4. The zero-order chi connectivity index (χ0) is 16.4. The molecule has 4 rings (SSSR count). The minimum Gasteiger partial charge on any atom is -0.497 e. The summed E-state index contributed by atoms with van der Waals surface area (Å²) in [6, 6.07) is 14.8. The van der Waals surface area contributed by atoms with Crippen LogP contribution in [0.4, 0.5) is 0 Å². The molecule has 1 fully saturated rings. The molecule has 124 valence electrons. The first-order chi connectivity index (χ1) is 11.8. The van der Waals surface area contributed by atoms with Gasteiger partial charge in [0, 0.05) is 36.3 Å². The molecular formula is C20H23N3O. The van der Waals surface area contributed by atoms with Gasteiger partial charge in [0.15, 0.2) is 0 Å². The van der Waals surface area contributed by atoms with Crippen LogP contribution in [0, 0.1) is 0 Å². The molecule has 1 saturated heterocycles. The Labute approximate surface area is 142 Å². The fraction of sp³-hybridized carbons (Fsp3) is 0.350. The molecule has 1 aliphatic heterocycles. The fourth-order valence-corrected chi connectivity index (χ4v) is 3.67. The van der Waals surface area contributed by atoms with E-state index in [2.05, 4.69) is 45.2 Å². The van der Waals surface area contributed by atoms with E-state index in [-0.39, 0.29) is 0 Å². The van der Waals surface area contributed by atoms with Crippen molar-refractivity contribution in [2.75, 3.05) is 20.2 Å². The number of benzene rings is 1. The van der Waals surface area contributed by atoms with Gasteiger partial charge in [-0.2, -0.15) is 0 Å². The van der Waals surface area contributed by atoms with Gasteiger partial charge in [0.25, 0.3) is 0 Å². The Morgan fingerprint density at radius 1 is 1.25 bits per heavy atom. The predicted octanol–water partition coefficient (Wildman–Crippen LogP) is 3.56. The van der Waals surface area contributed by atoms with Crippen LogP contribution in [0.5, 0.6) is 5.75 Å². The normalized spacial score (nSPS) is 18.0. The highest BCUT2D eigenvalue weighted by Crippen LogP contribution is 2.29. The van der Waals surface area contributed by atoms with Crippen LogP contribution in [0.3, 0.4) is 0 Å². The molecule has 1 aliphatic rings. The van der Waals surface area contributed by atoms with Gasteiger partial charge in [-0.3, -0.25) is 0 Å². The van der Waals surface area contributed by atoms with Crippen molar-refractivity contribution in [3.63, 3.8) is 0 Å². The van der Waals surface area contributed by atoms with E-state index in [0.717, 1.165) is 31.0 Å². The number of nitrogens with zero attached hydrogens (tertiary/aromatic N) is 2. The molecule has 4 nitrogen and oxygen atoms in total. The molecule has 0 unspecified atom stereocenters. The van der Waals surface area contributed by atoms with Crippen molar-refractivity contribution < 1.29 is 4.74 Å². The third-order valence-electron chi connectivity index (χ3n) is 4.88. The van der Waals surface area contributed by atoms with Gasteiger partial charge in [-0.1, -0.05) is 12.1 Å². The number of piperidine rings is 1. The average molecular weight is 321 g/mol. The lowest BCUT2D eigenvalue weighted by atomic mass is 9.96. The lowest BCUT2D eigenvalue weighted by Crippen LogP contribution is -2.29. The first-order valence-corrected chi connectivity index (χ1v) is 8.63. The monoisotopic (exact) mass is 321 g/mol. The van der Waals surface area contributed by atoms with Gasteiger partial charge in [-0.25, -0.2) is 4.98 Å². The molecule has 3 aromatic rings. The van der Waals surface area contributed by atoms with E-state index < -0.39 is 0 Å². The molecule has 1 atom stereocenters. The highest BCUT2D eigenvalue weighted by molar-refractivity contribution is 5.77. The summed E-state index contributed by atoms with van der Waals surface area (Å²) in [6.45, 7) is 3.00. The van der Waals surface area contributed by atoms with Crippen LogP contribution in [0.15, 0.2) is 48.7 Å². The number of hydrogen-bond acceptors (Lipinski definition) is 3. The number of methoxy groups -OCH3 is 1. The van der Waals surface area contributed by atoms with E-state index in [0.29, 0.717) is 5.92 Å². The van der Waals surface area contributed by atoms with Crippen LogP contribution in [0.2, 0.25) is 0 Å². The summed E-state index contributed by atoms with van der Waals surface area (Å²) in [5.41, 5.74) is 3.70. The zero-order valence-corrected chi connectivity index (χ0v) is 14.0. The van der Waals surface area contributed by atoms with Gasteiger partial charge in [-0.15, -0.1) is 0 Å². The van der Waals surface area contributed by atoms with Crippen molar-refractivity contribution in [2.45, 2.75) is 25.3 Å². The van der Waals surface area contributed by atoms with E-state index in [1.165, 1.54) is 29.5 Å². The van der Waals surface area contributed by atoms with Crippen molar-refractivity contribution in [3.8, 4) is 5.75 Å². The second-order valence-corrected chi connectivity index (χ2v) is 6.47. The third-order valence-corrected chi connectivity index (χ3v) is 4.88. The SMILES string of the molecule is COc1cccc(Cn2c([C@H]3CCCNC3)cc3cccnc32)c1. The number of ether oxygens (including phenoxy) is 1. The molecule has 1 N–H and O–H groups in total. The van der Waals surface area contributed by atoms with Gasteiger partial charge in [0.2, 0.25) is 0 Å². The molecule has 0 amide bonds. The fourth-order valence-electron chi connectivity index (χ4n) is 3.67. The van der Waals surface area contributed by atoms with Gasteiger partial charge in [0.05, 0.1) is 7.11 Å². The maximum atomic E-state index is 5.37. The minimum absolute atomic E-state index is 0.554. The topological polar surface area (TPSA) is 39.1 Å². The Bertz CT molecular complexity index is 834. The summed E-state index contributed by atoms with van der Waals surface area (Å²) in [7, 11) is 1.71. The highest BCUT2D eigenvalue weighted by Gasteiger charge is 2.21. The van der Waals surface area contributed by atoms with Gasteiger partial charge in [0.1, 0.15) is 11.4 Å². The number of hydrogen-bond donors (Lipinski definition) is 1. The zero-order valence-electron chi connectivity index (χ0n) is 14.0. The van der Waals surface area contributed by atoms with Crippen LogP contribution in [-0.4, -0.2) is 29.8 Å². The van der Waals surface area contributed by atoms with E-state index in [4.69, 9.17) is 4.74 Å². The molecule has 4 heteroatoms. The lowest BCUT2D eigenvalue weighted by Gasteiger charge is -2.24. The standard InChI is InChI=1S/C20H23N3O/c1-24-18-8-2-5-15(11-18)14-23-19(17-7-3-9-21-13-17)12-16-6-4-10-22-20(16)23/h2,4-6,8,10-12,17,21H,3,7,9,13-14H2,1H3/t17-/m0/s1. The molecule has 24 heavy (non-hydrogen) atoms. The van der Waals surface area contributed by atoms with Gasteiger partial charge >= 0.3 is 0 Å². The Hall–Kier alpha value is -2.33. The maximum absolute atomic E-state index is 5.37. The van der Waals surface area contributed by atoms with Crippen LogP contribution in [0.1, 0.15) is 30.0 Å². The second-order valence-electron chi connectivity index (χ2n) is 6.47. The summed E-state index contributed by atoms with van der Waals surface area (Å²) in [5.74, 6) is 1.45. The summed E-state index contributed by atoms with van der Waals surface area (Å²) in [5, 5.41) is 4.76. The highest BCUT2D eigenvalue weighted by atomic mass is 16.5. The molecular weight excluding hydrogens is 298 g/mol. The third kappa shape index (κ3) is 2.89. The van der Waals surface area contributed by atoms with Crippen LogP contribution in [0.25, 0.3) is 11.0 Å². The van der Waals surface area contributed by atoms with Crippen molar-refractivity contribution in [1.82, 2.24) is 14.9 Å². The quantitative estimate of drug-likeness (QED) is 0.798. The summed E-state index contributed by atoms with van der Waals surface area (Å²) in [4.78, 5) is 4.65. The minimum atomic E-state index is 0.554.